The number of hydrogen-bond acceptors (Lipinski definition) is 8. The lowest BCUT2D eigenvalue weighted by atomic mass is 9.82. The van der Waals surface area contributed by atoms with Crippen molar-refractivity contribution in [2.75, 3.05) is 7.11 Å². The van der Waals surface area contributed by atoms with Gasteiger partial charge in [-0.3, -0.25) is 14.4 Å². The molecular weight excluding hydrogens is 406 g/mol. The van der Waals surface area contributed by atoms with Crippen LogP contribution in [0.5, 0.6) is 17.2 Å². The number of carbonyl (C=O) groups is 4. The number of esters is 1. The maximum atomic E-state index is 12.9. The van der Waals surface area contributed by atoms with Gasteiger partial charge in [-0.2, -0.15) is 0 Å². The molecule has 2 atom stereocenters. The molecule has 0 saturated heterocycles. The maximum Gasteiger partial charge on any atom is 0.328 e. The summed E-state index contributed by atoms with van der Waals surface area (Å²) in [5.74, 6) is -4.87. The number of nitrogens with one attached hydrogen (secondary N) is 1. The summed E-state index contributed by atoms with van der Waals surface area (Å²) in [6, 6.07) is 3.12. The van der Waals surface area contributed by atoms with E-state index >= 15 is 0 Å². The van der Waals surface area contributed by atoms with Gasteiger partial charge >= 0.3 is 5.97 Å². The Morgan fingerprint density at radius 2 is 1.55 bits per heavy atom. The Labute approximate surface area is 177 Å². The van der Waals surface area contributed by atoms with Crippen LogP contribution in [0.3, 0.4) is 0 Å². The highest BCUT2D eigenvalue weighted by molar-refractivity contribution is 6.30. The first kappa shape index (κ1) is 21.8. The van der Waals surface area contributed by atoms with Crippen LogP contribution in [0.15, 0.2) is 24.3 Å². The summed E-state index contributed by atoms with van der Waals surface area (Å²) in [5.41, 5.74) is -1.36. The Balaban J connectivity index is 2.05. The fraction of sp³-hybridized carbons (Fsp3) is 0.273. The molecule has 0 bridgehead atoms. The normalized spacial score (nSPS) is 14.3. The van der Waals surface area contributed by atoms with E-state index < -0.39 is 46.7 Å². The van der Waals surface area contributed by atoms with Crippen molar-refractivity contribution < 1.29 is 39.2 Å². The number of rotatable bonds is 5. The van der Waals surface area contributed by atoms with E-state index in [-0.39, 0.29) is 33.7 Å². The summed E-state index contributed by atoms with van der Waals surface area (Å²) < 4.78 is 4.73. The third kappa shape index (κ3) is 3.70. The van der Waals surface area contributed by atoms with Crippen molar-refractivity contribution in [2.45, 2.75) is 26.3 Å². The van der Waals surface area contributed by atoms with Crippen molar-refractivity contribution in [1.82, 2.24) is 5.32 Å². The molecule has 0 fully saturated rings. The monoisotopic (exact) mass is 427 g/mol. The van der Waals surface area contributed by atoms with Gasteiger partial charge < -0.3 is 25.4 Å². The second-order valence-corrected chi connectivity index (χ2v) is 7.32. The number of amides is 1. The Morgan fingerprint density at radius 3 is 2.13 bits per heavy atom. The van der Waals surface area contributed by atoms with Crippen LogP contribution in [0, 0.1) is 5.92 Å². The van der Waals surface area contributed by atoms with Crippen LogP contribution in [-0.2, 0) is 9.53 Å². The minimum atomic E-state index is -0.951. The van der Waals surface area contributed by atoms with Crippen molar-refractivity contribution in [3.8, 4) is 17.2 Å². The molecule has 1 aliphatic rings. The number of ketones is 2. The molecule has 0 saturated carbocycles. The van der Waals surface area contributed by atoms with Crippen LogP contribution in [0.4, 0.5) is 0 Å². The fourth-order valence-electron chi connectivity index (χ4n) is 3.50. The first-order valence-corrected chi connectivity index (χ1v) is 9.51. The Kier molecular flexibility index (Phi) is 5.70. The minimum Gasteiger partial charge on any atom is -0.508 e. The summed E-state index contributed by atoms with van der Waals surface area (Å²) in [5, 5.41) is 32.6. The molecule has 1 amide bonds. The summed E-state index contributed by atoms with van der Waals surface area (Å²) >= 11 is 0. The Hall–Kier alpha value is -3.88. The van der Waals surface area contributed by atoms with E-state index in [4.69, 9.17) is 4.74 Å². The van der Waals surface area contributed by atoms with Crippen molar-refractivity contribution in [1.29, 1.82) is 0 Å². The average Bonchev–Trinajstić information content (AvgIpc) is 2.73. The highest BCUT2D eigenvalue weighted by atomic mass is 16.5. The smallest absolute Gasteiger partial charge is 0.328 e. The second-order valence-electron chi connectivity index (χ2n) is 7.32. The molecule has 9 heteroatoms. The number of aromatic hydroxyl groups is 3. The number of phenols is 3. The van der Waals surface area contributed by atoms with Crippen molar-refractivity contribution in [2.24, 2.45) is 5.92 Å². The van der Waals surface area contributed by atoms with E-state index in [0.717, 1.165) is 24.3 Å². The van der Waals surface area contributed by atoms with Gasteiger partial charge in [0.2, 0.25) is 5.78 Å². The highest BCUT2D eigenvalue weighted by Gasteiger charge is 2.36. The molecule has 0 aliphatic heterocycles. The first-order chi connectivity index (χ1) is 14.6. The summed E-state index contributed by atoms with van der Waals surface area (Å²) in [7, 11) is 1.20. The van der Waals surface area contributed by atoms with Crippen LogP contribution in [0.1, 0.15) is 62.5 Å². The molecule has 9 nitrogen and oxygen atoms in total. The number of methoxy groups -OCH3 is 1. The van der Waals surface area contributed by atoms with E-state index in [9.17, 15) is 34.5 Å². The van der Waals surface area contributed by atoms with Crippen molar-refractivity contribution >= 4 is 23.4 Å². The third-order valence-electron chi connectivity index (χ3n) is 5.38. The molecule has 31 heavy (non-hydrogen) atoms. The minimum absolute atomic E-state index is 0.151. The fourth-order valence-corrected chi connectivity index (χ4v) is 3.50. The number of hydrogen-bond donors (Lipinski definition) is 4. The Morgan fingerprint density at radius 1 is 0.968 bits per heavy atom. The van der Waals surface area contributed by atoms with Gasteiger partial charge in [0.25, 0.3) is 5.91 Å². The van der Waals surface area contributed by atoms with Crippen LogP contribution in [-0.4, -0.2) is 51.9 Å². The lowest BCUT2D eigenvalue weighted by Gasteiger charge is -2.23. The van der Waals surface area contributed by atoms with E-state index in [1.807, 2.05) is 6.92 Å². The molecule has 4 N–H and O–H groups in total. The van der Waals surface area contributed by atoms with Crippen LogP contribution < -0.4 is 5.32 Å². The van der Waals surface area contributed by atoms with Crippen LogP contribution in [0.2, 0.25) is 0 Å². The molecule has 2 aromatic carbocycles. The topological polar surface area (TPSA) is 150 Å². The molecular formula is C22H21NO8. The van der Waals surface area contributed by atoms with Gasteiger partial charge in [-0.1, -0.05) is 20.3 Å². The number of fused-ring (bicyclic) bond motifs is 2. The number of ether oxygens (including phenoxy) is 1. The lowest BCUT2D eigenvalue weighted by Crippen LogP contribution is -2.45. The first-order valence-electron chi connectivity index (χ1n) is 9.51. The molecule has 0 radical (unpaired) electrons. The van der Waals surface area contributed by atoms with Gasteiger partial charge in [-0.15, -0.1) is 0 Å². The summed E-state index contributed by atoms with van der Waals surface area (Å²) in [4.78, 5) is 50.5. The highest BCUT2D eigenvalue weighted by Crippen LogP contribution is 2.39. The zero-order chi connectivity index (χ0) is 23.0. The quantitative estimate of drug-likeness (QED) is 0.451. The maximum absolute atomic E-state index is 12.9. The standard InChI is InChI=1S/C22H21NO8/c1-4-9(2)18(22(30)31-3)23-21(29)10-5-12-16(14(25)6-10)20(28)17-13(19(12)27)7-11(24)8-15(17)26/h5-9,18,24-26H,4H2,1-3H3,(H,23,29)/t9?,18-/m0/s1. The van der Waals surface area contributed by atoms with E-state index in [1.54, 1.807) is 6.92 Å². The zero-order valence-electron chi connectivity index (χ0n) is 17.1. The van der Waals surface area contributed by atoms with Gasteiger partial charge in [-0.05, 0) is 24.1 Å². The van der Waals surface area contributed by atoms with Gasteiger partial charge in [0.05, 0.1) is 18.2 Å². The predicted octanol–water partition coefficient (Wildman–Crippen LogP) is 1.90. The van der Waals surface area contributed by atoms with E-state index in [0.29, 0.717) is 6.42 Å². The second kappa shape index (κ2) is 8.10. The Bertz CT molecular complexity index is 1120. The summed E-state index contributed by atoms with van der Waals surface area (Å²) in [6.45, 7) is 3.59. The molecule has 1 aliphatic carbocycles. The molecule has 162 valence electrons. The van der Waals surface area contributed by atoms with Gasteiger partial charge in [0.1, 0.15) is 23.3 Å². The average molecular weight is 427 g/mol. The molecule has 0 spiro atoms. The molecule has 3 rings (SSSR count). The lowest BCUT2D eigenvalue weighted by molar-refractivity contribution is -0.144. The van der Waals surface area contributed by atoms with E-state index in [1.165, 1.54) is 7.11 Å². The SMILES string of the molecule is CCC(C)[C@H](NC(=O)c1cc(O)c2c(c1)C(=O)c1cc(O)cc(O)c1C2=O)C(=O)OC. The predicted molar refractivity (Wildman–Crippen MR) is 107 cm³/mol. The van der Waals surface area contributed by atoms with E-state index in [2.05, 4.69) is 5.32 Å². The van der Waals surface area contributed by atoms with Crippen molar-refractivity contribution in [3.05, 3.63) is 52.1 Å². The molecule has 2 aromatic rings. The molecule has 0 aromatic heterocycles. The van der Waals surface area contributed by atoms with Crippen LogP contribution in [0.25, 0.3) is 0 Å². The number of benzene rings is 2. The number of carbonyl (C=O) groups excluding carboxylic acids is 4. The largest absolute Gasteiger partial charge is 0.508 e. The van der Waals surface area contributed by atoms with Crippen LogP contribution >= 0.6 is 0 Å². The van der Waals surface area contributed by atoms with Gasteiger partial charge in [0, 0.05) is 22.8 Å². The summed E-state index contributed by atoms with van der Waals surface area (Å²) in [6.07, 6.45) is 0.576. The molecule has 1 unspecified atom stereocenters. The van der Waals surface area contributed by atoms with Crippen molar-refractivity contribution in [3.63, 3.8) is 0 Å². The molecule has 0 heterocycles. The van der Waals surface area contributed by atoms with Gasteiger partial charge in [-0.25, -0.2) is 4.79 Å². The number of phenolic OH excluding ortho intramolecular Hbond substituents is 3. The third-order valence-corrected chi connectivity index (χ3v) is 5.38. The van der Waals surface area contributed by atoms with Gasteiger partial charge in [0.15, 0.2) is 5.78 Å². The zero-order valence-corrected chi connectivity index (χ0v) is 17.1.